The third-order valence-electron chi connectivity index (χ3n) is 3.20. The lowest BCUT2D eigenvalue weighted by Gasteiger charge is -2.15. The maximum atomic E-state index is 6.30. The van der Waals surface area contributed by atoms with E-state index < -0.39 is 0 Å². The number of aryl methyl sites for hydroxylation is 2. The van der Waals surface area contributed by atoms with Gasteiger partial charge in [-0.15, -0.1) is 0 Å². The molecule has 18 heavy (non-hydrogen) atoms. The van der Waals surface area contributed by atoms with Crippen LogP contribution in [0.15, 0.2) is 42.5 Å². The summed E-state index contributed by atoms with van der Waals surface area (Å²) in [4.78, 5) is 0. The van der Waals surface area contributed by atoms with Crippen LogP contribution in [0.1, 0.15) is 28.3 Å². The van der Waals surface area contributed by atoms with Gasteiger partial charge in [-0.2, -0.15) is 0 Å². The molecule has 2 aromatic carbocycles. The summed E-state index contributed by atoms with van der Waals surface area (Å²) in [7, 11) is 0. The van der Waals surface area contributed by atoms with E-state index >= 15 is 0 Å². The number of rotatable bonds is 3. The third kappa shape index (κ3) is 3.12. The third-order valence-corrected chi connectivity index (χ3v) is 3.46. The summed E-state index contributed by atoms with van der Waals surface area (Å²) in [5.74, 6) is 0. The van der Waals surface area contributed by atoms with Crippen molar-refractivity contribution in [1.29, 1.82) is 0 Å². The van der Waals surface area contributed by atoms with E-state index in [1.807, 2.05) is 24.3 Å². The van der Waals surface area contributed by atoms with Gasteiger partial charge in [0, 0.05) is 11.1 Å². The van der Waals surface area contributed by atoms with Crippen LogP contribution in [0.3, 0.4) is 0 Å². The molecule has 0 aliphatic heterocycles. The van der Waals surface area contributed by atoms with Gasteiger partial charge in [-0.1, -0.05) is 47.5 Å². The minimum absolute atomic E-state index is 0.0334. The second-order valence-electron chi connectivity index (χ2n) is 4.80. The number of nitrogens with two attached hydrogens (primary N) is 1. The van der Waals surface area contributed by atoms with Gasteiger partial charge in [0.1, 0.15) is 0 Å². The first-order valence-electron chi connectivity index (χ1n) is 6.13. The summed E-state index contributed by atoms with van der Waals surface area (Å²) in [5, 5.41) is 0.763. The monoisotopic (exact) mass is 259 g/mol. The molecule has 0 spiro atoms. The van der Waals surface area contributed by atoms with Crippen LogP contribution in [0.5, 0.6) is 0 Å². The first-order valence-corrected chi connectivity index (χ1v) is 6.51. The molecule has 0 fully saturated rings. The number of hydrogen-bond acceptors (Lipinski definition) is 1. The second kappa shape index (κ2) is 5.55. The van der Waals surface area contributed by atoms with Gasteiger partial charge >= 0.3 is 0 Å². The Bertz CT molecular complexity index is 531. The van der Waals surface area contributed by atoms with E-state index in [-0.39, 0.29) is 6.04 Å². The van der Waals surface area contributed by atoms with E-state index in [2.05, 4.69) is 32.0 Å². The first kappa shape index (κ1) is 13.1. The normalized spacial score (nSPS) is 12.4. The maximum Gasteiger partial charge on any atom is 0.0406 e. The van der Waals surface area contributed by atoms with Crippen molar-refractivity contribution in [3.8, 4) is 0 Å². The second-order valence-corrected chi connectivity index (χ2v) is 5.23. The van der Waals surface area contributed by atoms with Crippen LogP contribution >= 0.6 is 11.6 Å². The molecule has 2 rings (SSSR count). The minimum atomic E-state index is 0.0334. The SMILES string of the molecule is Cc1ccc(C)c(C(N)Cc2ccc(Cl)cc2)c1. The van der Waals surface area contributed by atoms with Gasteiger partial charge in [-0.05, 0) is 49.1 Å². The number of hydrogen-bond donors (Lipinski definition) is 1. The fourth-order valence-electron chi connectivity index (χ4n) is 2.14. The molecule has 2 aromatic rings. The van der Waals surface area contributed by atoms with Crippen LogP contribution in [-0.2, 0) is 6.42 Å². The molecule has 0 aliphatic rings. The van der Waals surface area contributed by atoms with Crippen LogP contribution < -0.4 is 5.73 Å². The van der Waals surface area contributed by atoms with Crippen molar-refractivity contribution < 1.29 is 0 Å². The highest BCUT2D eigenvalue weighted by Crippen LogP contribution is 2.21. The zero-order valence-electron chi connectivity index (χ0n) is 10.8. The lowest BCUT2D eigenvalue weighted by Crippen LogP contribution is -2.14. The van der Waals surface area contributed by atoms with Crippen LogP contribution in [0.25, 0.3) is 0 Å². The standard InChI is InChI=1S/C16H18ClN/c1-11-3-4-12(2)15(9-11)16(18)10-13-5-7-14(17)8-6-13/h3-9,16H,10,18H2,1-2H3. The molecule has 0 heterocycles. The molecule has 0 aromatic heterocycles. The van der Waals surface area contributed by atoms with E-state index in [1.54, 1.807) is 0 Å². The molecular weight excluding hydrogens is 242 g/mol. The van der Waals surface area contributed by atoms with Gasteiger partial charge < -0.3 is 5.73 Å². The van der Waals surface area contributed by atoms with Crippen LogP contribution in [-0.4, -0.2) is 0 Å². The predicted octanol–water partition coefficient (Wildman–Crippen LogP) is 4.20. The van der Waals surface area contributed by atoms with E-state index in [4.69, 9.17) is 17.3 Å². The molecule has 0 bridgehead atoms. The average molecular weight is 260 g/mol. The Labute approximate surface area is 114 Å². The minimum Gasteiger partial charge on any atom is -0.324 e. The highest BCUT2D eigenvalue weighted by Gasteiger charge is 2.10. The smallest absolute Gasteiger partial charge is 0.0406 e. The molecular formula is C16H18ClN. The van der Waals surface area contributed by atoms with Gasteiger partial charge in [-0.25, -0.2) is 0 Å². The van der Waals surface area contributed by atoms with E-state index in [0.29, 0.717) is 0 Å². The van der Waals surface area contributed by atoms with Gasteiger partial charge in [0.05, 0.1) is 0 Å². The lowest BCUT2D eigenvalue weighted by molar-refractivity contribution is 0.716. The lowest BCUT2D eigenvalue weighted by atomic mass is 9.95. The molecule has 0 amide bonds. The quantitative estimate of drug-likeness (QED) is 0.878. The van der Waals surface area contributed by atoms with Gasteiger partial charge in [0.2, 0.25) is 0 Å². The molecule has 1 unspecified atom stereocenters. The van der Waals surface area contributed by atoms with Crippen molar-refractivity contribution in [2.24, 2.45) is 5.73 Å². The largest absolute Gasteiger partial charge is 0.324 e. The summed E-state index contributed by atoms with van der Waals surface area (Å²) in [5.41, 5.74) is 11.2. The molecule has 0 radical (unpaired) electrons. The molecule has 0 aliphatic carbocycles. The summed E-state index contributed by atoms with van der Waals surface area (Å²) in [6.45, 7) is 4.20. The topological polar surface area (TPSA) is 26.0 Å². The molecule has 0 saturated heterocycles. The first-order chi connectivity index (χ1) is 8.56. The summed E-state index contributed by atoms with van der Waals surface area (Å²) in [6.07, 6.45) is 0.835. The van der Waals surface area contributed by atoms with Crippen LogP contribution in [0, 0.1) is 13.8 Å². The summed E-state index contributed by atoms with van der Waals surface area (Å²) < 4.78 is 0. The maximum absolute atomic E-state index is 6.30. The Morgan fingerprint density at radius 1 is 1.06 bits per heavy atom. The molecule has 2 heteroatoms. The highest BCUT2D eigenvalue weighted by molar-refractivity contribution is 6.30. The predicted molar refractivity (Wildman–Crippen MR) is 78.0 cm³/mol. The van der Waals surface area contributed by atoms with Crippen molar-refractivity contribution in [3.63, 3.8) is 0 Å². The average Bonchev–Trinajstić information content (AvgIpc) is 2.35. The van der Waals surface area contributed by atoms with E-state index in [1.165, 1.54) is 22.3 Å². The number of benzene rings is 2. The van der Waals surface area contributed by atoms with Crippen molar-refractivity contribution in [3.05, 3.63) is 69.7 Å². The molecule has 2 N–H and O–H groups in total. The van der Waals surface area contributed by atoms with Crippen molar-refractivity contribution in [1.82, 2.24) is 0 Å². The van der Waals surface area contributed by atoms with Crippen molar-refractivity contribution in [2.75, 3.05) is 0 Å². The van der Waals surface area contributed by atoms with Gasteiger partial charge in [-0.3, -0.25) is 0 Å². The Balaban J connectivity index is 2.18. The van der Waals surface area contributed by atoms with Crippen LogP contribution in [0.4, 0.5) is 0 Å². The summed E-state index contributed by atoms with van der Waals surface area (Å²) >= 11 is 5.88. The van der Waals surface area contributed by atoms with Crippen molar-refractivity contribution in [2.45, 2.75) is 26.3 Å². The molecule has 94 valence electrons. The zero-order chi connectivity index (χ0) is 13.1. The number of halogens is 1. The molecule has 0 saturated carbocycles. The zero-order valence-corrected chi connectivity index (χ0v) is 11.5. The Morgan fingerprint density at radius 3 is 2.39 bits per heavy atom. The van der Waals surface area contributed by atoms with Crippen molar-refractivity contribution >= 4 is 11.6 Å². The fourth-order valence-corrected chi connectivity index (χ4v) is 2.27. The van der Waals surface area contributed by atoms with E-state index in [9.17, 15) is 0 Å². The Morgan fingerprint density at radius 2 is 1.72 bits per heavy atom. The van der Waals surface area contributed by atoms with E-state index in [0.717, 1.165) is 11.4 Å². The molecule has 1 nitrogen and oxygen atoms in total. The van der Waals surface area contributed by atoms with Gasteiger partial charge in [0.15, 0.2) is 0 Å². The Hall–Kier alpha value is -1.31. The van der Waals surface area contributed by atoms with Gasteiger partial charge in [0.25, 0.3) is 0 Å². The van der Waals surface area contributed by atoms with Crippen LogP contribution in [0.2, 0.25) is 5.02 Å². The fraction of sp³-hybridized carbons (Fsp3) is 0.250. The summed E-state index contributed by atoms with van der Waals surface area (Å²) in [6, 6.07) is 14.3. The highest BCUT2D eigenvalue weighted by atomic mass is 35.5. The molecule has 1 atom stereocenters. The Kier molecular flexibility index (Phi) is 4.05.